The molecular formula is C17H19ClN4. The first-order valence-corrected chi connectivity index (χ1v) is 7.88. The molecule has 22 heavy (non-hydrogen) atoms. The van der Waals surface area contributed by atoms with E-state index in [2.05, 4.69) is 51.5 Å². The van der Waals surface area contributed by atoms with Crippen molar-refractivity contribution >= 4 is 29.4 Å². The van der Waals surface area contributed by atoms with Crippen LogP contribution in [0, 0.1) is 5.92 Å². The lowest BCUT2D eigenvalue weighted by atomic mass is 9.97. The zero-order chi connectivity index (χ0) is 15.5. The molecule has 2 unspecified atom stereocenters. The molecule has 0 bridgehead atoms. The van der Waals surface area contributed by atoms with Crippen LogP contribution in [0.1, 0.15) is 32.2 Å². The fourth-order valence-corrected chi connectivity index (χ4v) is 3.55. The molecule has 0 aliphatic heterocycles. The predicted octanol–water partition coefficient (Wildman–Crippen LogP) is 4.59. The Morgan fingerprint density at radius 1 is 1.45 bits per heavy atom. The molecule has 2 aromatic rings. The van der Waals surface area contributed by atoms with Gasteiger partial charge >= 0.3 is 0 Å². The lowest BCUT2D eigenvalue weighted by molar-refractivity contribution is 0.514. The number of fused-ring (bicyclic) bond motifs is 1. The molecule has 1 aliphatic rings. The van der Waals surface area contributed by atoms with Crippen molar-refractivity contribution in [1.29, 1.82) is 0 Å². The second-order valence-electron chi connectivity index (χ2n) is 5.58. The van der Waals surface area contributed by atoms with Crippen LogP contribution >= 0.6 is 11.6 Å². The van der Waals surface area contributed by atoms with Crippen LogP contribution in [-0.2, 0) is 0 Å². The van der Waals surface area contributed by atoms with Crippen molar-refractivity contribution in [3.8, 4) is 0 Å². The van der Waals surface area contributed by atoms with Crippen molar-refractivity contribution in [1.82, 2.24) is 14.5 Å². The summed E-state index contributed by atoms with van der Waals surface area (Å²) < 4.78 is 2.24. The van der Waals surface area contributed by atoms with Crippen LogP contribution in [0.4, 0.5) is 0 Å². The van der Waals surface area contributed by atoms with Crippen LogP contribution < -0.4 is 0 Å². The summed E-state index contributed by atoms with van der Waals surface area (Å²) in [4.78, 5) is 12.3. The third kappa shape index (κ3) is 2.71. The Morgan fingerprint density at radius 3 is 3.09 bits per heavy atom. The van der Waals surface area contributed by atoms with Crippen molar-refractivity contribution in [2.75, 3.05) is 0 Å². The van der Waals surface area contributed by atoms with Gasteiger partial charge in [-0.3, -0.25) is 4.99 Å². The Balaban J connectivity index is 1.84. The number of allylic oxidation sites excluding steroid dienone is 3. The highest BCUT2D eigenvalue weighted by molar-refractivity contribution is 6.33. The van der Waals surface area contributed by atoms with Crippen molar-refractivity contribution in [2.24, 2.45) is 10.9 Å². The van der Waals surface area contributed by atoms with Crippen molar-refractivity contribution in [3.05, 3.63) is 47.7 Å². The second-order valence-corrected chi connectivity index (χ2v) is 5.93. The van der Waals surface area contributed by atoms with Crippen LogP contribution in [0.5, 0.6) is 0 Å². The van der Waals surface area contributed by atoms with Crippen molar-refractivity contribution in [3.63, 3.8) is 0 Å². The van der Waals surface area contributed by atoms with Crippen LogP contribution in [0.15, 0.2) is 47.5 Å². The summed E-state index contributed by atoms with van der Waals surface area (Å²) in [5.74, 6) is 0.558. The minimum Gasteiger partial charge on any atom is -0.329 e. The highest BCUT2D eigenvalue weighted by atomic mass is 35.5. The van der Waals surface area contributed by atoms with Gasteiger partial charge in [0.2, 0.25) is 0 Å². The molecule has 1 aliphatic carbocycles. The molecule has 0 N–H and O–H groups in total. The third-order valence-electron chi connectivity index (χ3n) is 4.44. The van der Waals surface area contributed by atoms with E-state index >= 15 is 0 Å². The molecule has 2 aromatic heterocycles. The number of nitrogens with zero attached hydrogens (tertiary/aromatic N) is 4. The molecule has 114 valence electrons. The summed E-state index contributed by atoms with van der Waals surface area (Å²) in [6.45, 7) is 5.57. The Morgan fingerprint density at radius 2 is 2.32 bits per heavy atom. The van der Waals surface area contributed by atoms with E-state index in [0.717, 1.165) is 23.9 Å². The average Bonchev–Trinajstić information content (AvgIpc) is 3.15. The number of aromatic nitrogens is 3. The summed E-state index contributed by atoms with van der Waals surface area (Å²) in [7, 11) is 0. The fourth-order valence-electron chi connectivity index (χ4n) is 3.35. The summed E-state index contributed by atoms with van der Waals surface area (Å²) in [6.07, 6.45) is 13.0. The molecule has 5 heteroatoms. The zero-order valence-electron chi connectivity index (χ0n) is 12.6. The van der Waals surface area contributed by atoms with E-state index in [-0.39, 0.29) is 0 Å². The van der Waals surface area contributed by atoms with Crippen LogP contribution in [0.25, 0.3) is 11.0 Å². The quantitative estimate of drug-likeness (QED) is 0.471. The predicted molar refractivity (Wildman–Crippen MR) is 91.4 cm³/mol. The molecule has 1 fully saturated rings. The molecule has 2 heterocycles. The molecular weight excluding hydrogens is 296 g/mol. The Kier molecular flexibility index (Phi) is 4.39. The average molecular weight is 315 g/mol. The molecule has 1 saturated carbocycles. The van der Waals surface area contributed by atoms with Gasteiger partial charge in [-0.25, -0.2) is 9.97 Å². The molecule has 0 radical (unpaired) electrons. The highest BCUT2D eigenvalue weighted by Crippen LogP contribution is 2.40. The first-order valence-electron chi connectivity index (χ1n) is 7.50. The van der Waals surface area contributed by atoms with Gasteiger partial charge in [-0.15, -0.1) is 0 Å². The lowest BCUT2D eigenvalue weighted by Crippen LogP contribution is -2.06. The Labute approximate surface area is 135 Å². The van der Waals surface area contributed by atoms with Crippen LogP contribution in [0.3, 0.4) is 0 Å². The second kappa shape index (κ2) is 6.44. The van der Waals surface area contributed by atoms with Gasteiger partial charge in [0.25, 0.3) is 0 Å². The number of halogens is 1. The molecule has 4 nitrogen and oxygen atoms in total. The van der Waals surface area contributed by atoms with Gasteiger partial charge < -0.3 is 4.57 Å². The maximum Gasteiger partial charge on any atom is 0.145 e. The van der Waals surface area contributed by atoms with Gasteiger partial charge in [0.15, 0.2) is 0 Å². The molecule has 2 atom stereocenters. The fraction of sp³-hybridized carbons (Fsp3) is 0.353. The van der Waals surface area contributed by atoms with Gasteiger partial charge in [-0.05, 0) is 56.5 Å². The topological polar surface area (TPSA) is 43.1 Å². The first-order chi connectivity index (χ1) is 10.7. The monoisotopic (exact) mass is 314 g/mol. The Hall–Kier alpha value is -1.94. The van der Waals surface area contributed by atoms with Gasteiger partial charge in [-0.2, -0.15) is 0 Å². The van der Waals surface area contributed by atoms with Crippen molar-refractivity contribution < 1.29 is 0 Å². The number of hydrogen-bond acceptors (Lipinski definition) is 3. The first kappa shape index (κ1) is 15.0. The molecule has 3 rings (SSSR count). The summed E-state index contributed by atoms with van der Waals surface area (Å²) in [5, 5.41) is 1.45. The third-order valence-corrected chi connectivity index (χ3v) is 4.74. The van der Waals surface area contributed by atoms with Crippen molar-refractivity contribution in [2.45, 2.75) is 32.2 Å². The Bertz CT molecular complexity index is 744. The van der Waals surface area contributed by atoms with E-state index in [1.54, 1.807) is 6.20 Å². The minimum atomic E-state index is 0.452. The van der Waals surface area contributed by atoms with E-state index in [0.29, 0.717) is 17.1 Å². The van der Waals surface area contributed by atoms with E-state index in [4.69, 9.17) is 11.6 Å². The number of aliphatic imine (C=N–C) groups is 1. The summed E-state index contributed by atoms with van der Waals surface area (Å²) in [6, 6.07) is 2.46. The summed E-state index contributed by atoms with van der Waals surface area (Å²) >= 11 is 6.14. The highest BCUT2D eigenvalue weighted by Gasteiger charge is 2.28. The summed E-state index contributed by atoms with van der Waals surface area (Å²) in [5.41, 5.74) is 2.26. The standard InChI is InChI=1S/C17H19ClN4/c1-3-12(6-8-19-2)13-4-5-14(10-13)22-9-7-15-16(18)20-11-21-17(15)22/h3,6-9,11,13-14H,2,4-5,10H2,1H3/b8-6-,12-3+. The van der Waals surface area contributed by atoms with E-state index in [1.165, 1.54) is 18.3 Å². The largest absolute Gasteiger partial charge is 0.329 e. The smallest absolute Gasteiger partial charge is 0.145 e. The van der Waals surface area contributed by atoms with Gasteiger partial charge in [0, 0.05) is 18.4 Å². The van der Waals surface area contributed by atoms with E-state index in [9.17, 15) is 0 Å². The van der Waals surface area contributed by atoms with Crippen LogP contribution in [-0.4, -0.2) is 21.3 Å². The number of rotatable bonds is 4. The molecule has 0 spiro atoms. The maximum atomic E-state index is 6.14. The van der Waals surface area contributed by atoms with Gasteiger partial charge in [-0.1, -0.05) is 17.7 Å². The van der Waals surface area contributed by atoms with Gasteiger partial charge in [0.05, 0.1) is 5.39 Å². The van der Waals surface area contributed by atoms with Gasteiger partial charge in [0.1, 0.15) is 17.1 Å². The SMILES string of the molecule is C=N/C=C\C(=C/C)C1CCC(n2ccc3c(Cl)ncnc32)C1. The lowest BCUT2D eigenvalue weighted by Gasteiger charge is -2.15. The maximum absolute atomic E-state index is 6.14. The molecule has 0 aromatic carbocycles. The normalized spacial score (nSPS) is 22.7. The van der Waals surface area contributed by atoms with Crippen LogP contribution in [0.2, 0.25) is 5.15 Å². The minimum absolute atomic E-state index is 0.452. The zero-order valence-corrected chi connectivity index (χ0v) is 13.4. The molecule has 0 saturated heterocycles. The number of hydrogen-bond donors (Lipinski definition) is 0. The molecule has 0 amide bonds. The van der Waals surface area contributed by atoms with E-state index < -0.39 is 0 Å². The van der Waals surface area contributed by atoms with E-state index in [1.807, 2.05) is 6.07 Å².